The summed E-state index contributed by atoms with van der Waals surface area (Å²) in [6, 6.07) is 11.1. The number of carbonyl (C=O) groups is 1. The van der Waals surface area contributed by atoms with E-state index in [4.69, 9.17) is 13.9 Å². The fourth-order valence-corrected chi connectivity index (χ4v) is 3.81. The Morgan fingerprint density at radius 3 is 2.67 bits per heavy atom. The summed E-state index contributed by atoms with van der Waals surface area (Å²) in [5, 5.41) is 22.5. The van der Waals surface area contributed by atoms with Gasteiger partial charge in [-0.3, -0.25) is 4.79 Å². The summed E-state index contributed by atoms with van der Waals surface area (Å²) >= 11 is 0. The third-order valence-electron chi connectivity index (χ3n) is 5.29. The van der Waals surface area contributed by atoms with Crippen molar-refractivity contribution < 1.29 is 28.9 Å². The van der Waals surface area contributed by atoms with Crippen LogP contribution in [0.5, 0.6) is 0 Å². The van der Waals surface area contributed by atoms with Crippen molar-refractivity contribution in [1.82, 2.24) is 0 Å². The van der Waals surface area contributed by atoms with Crippen molar-refractivity contribution in [3.63, 3.8) is 0 Å². The lowest BCUT2D eigenvalue weighted by Gasteiger charge is -2.48. The van der Waals surface area contributed by atoms with Crippen molar-refractivity contribution in [1.29, 1.82) is 0 Å². The van der Waals surface area contributed by atoms with Crippen molar-refractivity contribution in [3.8, 4) is 0 Å². The van der Waals surface area contributed by atoms with Gasteiger partial charge in [-0.2, -0.15) is 0 Å². The fourth-order valence-electron chi connectivity index (χ4n) is 3.81. The first-order chi connectivity index (χ1) is 13.0. The molecule has 0 aliphatic heterocycles. The molecule has 1 aromatic heterocycles. The first-order valence-corrected chi connectivity index (χ1v) is 9.23. The van der Waals surface area contributed by atoms with Crippen LogP contribution < -0.4 is 0 Å². The minimum absolute atomic E-state index is 0.199. The maximum atomic E-state index is 12.6. The smallest absolute Gasteiger partial charge is 0.312 e. The molecule has 27 heavy (non-hydrogen) atoms. The minimum Gasteiger partial charge on any atom is -0.472 e. The van der Waals surface area contributed by atoms with E-state index in [1.54, 1.807) is 13.0 Å². The topological polar surface area (TPSA) is 89.1 Å². The highest BCUT2D eigenvalue weighted by molar-refractivity contribution is 5.75. The number of ether oxygens (including phenoxy) is 2. The molecule has 2 N–H and O–H groups in total. The molecule has 5 atom stereocenters. The van der Waals surface area contributed by atoms with E-state index in [1.807, 2.05) is 37.3 Å². The van der Waals surface area contributed by atoms with Crippen LogP contribution in [-0.2, 0) is 26.5 Å². The highest BCUT2D eigenvalue weighted by Crippen LogP contribution is 2.46. The highest BCUT2D eigenvalue weighted by atomic mass is 16.5. The fraction of sp³-hybridized carbons (Fsp3) is 0.476. The molecule has 1 aliphatic rings. The Labute approximate surface area is 158 Å². The van der Waals surface area contributed by atoms with Crippen LogP contribution in [-0.4, -0.2) is 35.0 Å². The van der Waals surface area contributed by atoms with Crippen molar-refractivity contribution in [3.05, 3.63) is 60.1 Å². The minimum atomic E-state index is -1.75. The van der Waals surface area contributed by atoms with Crippen molar-refractivity contribution in [2.45, 2.75) is 44.7 Å². The molecule has 1 heterocycles. The van der Waals surface area contributed by atoms with E-state index in [9.17, 15) is 15.0 Å². The Morgan fingerprint density at radius 2 is 2.04 bits per heavy atom. The molecule has 146 valence electrons. The number of furan rings is 1. The van der Waals surface area contributed by atoms with E-state index in [1.165, 1.54) is 12.5 Å². The zero-order valence-electron chi connectivity index (χ0n) is 15.6. The Morgan fingerprint density at radius 1 is 1.30 bits per heavy atom. The molecular formula is C21H26O6. The van der Waals surface area contributed by atoms with Gasteiger partial charge in [0, 0.05) is 5.56 Å². The Hall–Kier alpha value is -2.15. The predicted molar refractivity (Wildman–Crippen MR) is 97.5 cm³/mol. The third-order valence-corrected chi connectivity index (χ3v) is 5.29. The second-order valence-corrected chi connectivity index (χ2v) is 7.06. The lowest BCUT2D eigenvalue weighted by Crippen LogP contribution is -2.61. The molecule has 3 rings (SSSR count). The number of aliphatic hydroxyl groups is 2. The summed E-state index contributed by atoms with van der Waals surface area (Å²) in [7, 11) is 0. The number of rotatable bonds is 6. The molecule has 0 saturated heterocycles. The lowest BCUT2D eigenvalue weighted by atomic mass is 9.65. The number of esters is 1. The molecule has 1 fully saturated rings. The van der Waals surface area contributed by atoms with Gasteiger partial charge in [-0.15, -0.1) is 0 Å². The number of carbonyl (C=O) groups excluding carboxylic acids is 1. The Kier molecular flexibility index (Phi) is 5.99. The third kappa shape index (κ3) is 3.78. The zero-order valence-corrected chi connectivity index (χ0v) is 15.6. The summed E-state index contributed by atoms with van der Waals surface area (Å²) in [6.07, 6.45) is 1.14. The predicted octanol–water partition coefficient (Wildman–Crippen LogP) is 2.63. The van der Waals surface area contributed by atoms with Crippen LogP contribution in [0, 0.1) is 11.8 Å². The molecule has 0 unspecified atom stereocenters. The molecule has 0 radical (unpaired) electrons. The summed E-state index contributed by atoms with van der Waals surface area (Å²) in [4.78, 5) is 12.6. The van der Waals surface area contributed by atoms with E-state index >= 15 is 0 Å². The van der Waals surface area contributed by atoms with Gasteiger partial charge in [0.15, 0.2) is 0 Å². The maximum Gasteiger partial charge on any atom is 0.312 e. The van der Waals surface area contributed by atoms with Gasteiger partial charge in [-0.05, 0) is 30.9 Å². The highest BCUT2D eigenvalue weighted by Gasteiger charge is 2.58. The first kappa shape index (κ1) is 19.6. The van der Waals surface area contributed by atoms with Crippen LogP contribution in [0.4, 0.5) is 0 Å². The van der Waals surface area contributed by atoms with Crippen molar-refractivity contribution in [2.75, 3.05) is 6.61 Å². The van der Waals surface area contributed by atoms with Gasteiger partial charge in [0.2, 0.25) is 0 Å². The standard InChI is InChI=1S/C21H26O6/c1-3-26-20(23)17-11-14(2)18(22)19(21(17,24)16-9-10-25-13-16)27-12-15-7-5-4-6-8-15/h4-10,13-14,17-19,22,24H,3,11-12H2,1-2H3/t14-,17-,18+,19-,21+/m0/s1. The Balaban J connectivity index is 1.96. The number of benzene rings is 1. The zero-order chi connectivity index (χ0) is 19.4. The molecule has 2 aromatic rings. The summed E-state index contributed by atoms with van der Waals surface area (Å²) in [5.74, 6) is -1.62. The van der Waals surface area contributed by atoms with Crippen LogP contribution in [0.2, 0.25) is 0 Å². The quantitative estimate of drug-likeness (QED) is 0.756. The van der Waals surface area contributed by atoms with Gasteiger partial charge in [0.1, 0.15) is 11.7 Å². The van der Waals surface area contributed by atoms with Gasteiger partial charge in [-0.1, -0.05) is 37.3 Å². The first-order valence-electron chi connectivity index (χ1n) is 9.23. The van der Waals surface area contributed by atoms with Crippen molar-refractivity contribution >= 4 is 5.97 Å². The van der Waals surface area contributed by atoms with Crippen LogP contribution in [0.25, 0.3) is 0 Å². The second-order valence-electron chi connectivity index (χ2n) is 7.06. The number of aliphatic hydroxyl groups excluding tert-OH is 1. The molecule has 0 bridgehead atoms. The molecule has 0 amide bonds. The normalized spacial score (nSPS) is 30.8. The molecule has 1 aliphatic carbocycles. The van der Waals surface area contributed by atoms with E-state index < -0.39 is 29.7 Å². The van der Waals surface area contributed by atoms with E-state index in [-0.39, 0.29) is 25.6 Å². The number of hydrogen-bond acceptors (Lipinski definition) is 6. The van der Waals surface area contributed by atoms with Crippen LogP contribution in [0.1, 0.15) is 31.4 Å². The molecule has 0 spiro atoms. The van der Waals surface area contributed by atoms with Gasteiger partial charge in [0.05, 0.1) is 37.8 Å². The molecule has 6 nitrogen and oxygen atoms in total. The van der Waals surface area contributed by atoms with Gasteiger partial charge in [-0.25, -0.2) is 0 Å². The SMILES string of the molecule is CCOC(=O)[C@@H]1C[C@H](C)[C@@H](O)[C@H](OCc2ccccc2)[C@@]1(O)c1ccoc1. The van der Waals surface area contributed by atoms with Crippen LogP contribution >= 0.6 is 0 Å². The molecular weight excluding hydrogens is 348 g/mol. The molecule has 1 aromatic carbocycles. The average Bonchev–Trinajstić information content (AvgIpc) is 3.21. The summed E-state index contributed by atoms with van der Waals surface area (Å²) in [5.41, 5.74) is -0.449. The molecule has 6 heteroatoms. The van der Waals surface area contributed by atoms with Gasteiger partial charge >= 0.3 is 5.97 Å². The van der Waals surface area contributed by atoms with Crippen LogP contribution in [0.15, 0.2) is 53.3 Å². The lowest BCUT2D eigenvalue weighted by molar-refractivity contribution is -0.231. The maximum absolute atomic E-state index is 12.6. The summed E-state index contributed by atoms with van der Waals surface area (Å²) < 4.78 is 16.3. The van der Waals surface area contributed by atoms with Gasteiger partial charge < -0.3 is 24.1 Å². The second kappa shape index (κ2) is 8.25. The molecule has 1 saturated carbocycles. The van der Waals surface area contributed by atoms with E-state index in [2.05, 4.69) is 0 Å². The monoisotopic (exact) mass is 374 g/mol. The Bertz CT molecular complexity index is 728. The van der Waals surface area contributed by atoms with E-state index in [0.717, 1.165) is 5.56 Å². The summed E-state index contributed by atoms with van der Waals surface area (Å²) in [6.45, 7) is 3.97. The number of hydrogen-bond donors (Lipinski definition) is 2. The average molecular weight is 374 g/mol. The van der Waals surface area contributed by atoms with Crippen LogP contribution in [0.3, 0.4) is 0 Å². The van der Waals surface area contributed by atoms with Gasteiger partial charge in [0.25, 0.3) is 0 Å². The largest absolute Gasteiger partial charge is 0.472 e. The van der Waals surface area contributed by atoms with Crippen molar-refractivity contribution in [2.24, 2.45) is 11.8 Å². The van der Waals surface area contributed by atoms with E-state index in [0.29, 0.717) is 5.56 Å².